The van der Waals surface area contributed by atoms with Crippen LogP contribution in [0.5, 0.6) is 0 Å². The van der Waals surface area contributed by atoms with Crippen molar-refractivity contribution >= 4 is 0 Å². The van der Waals surface area contributed by atoms with Crippen LogP contribution in [0.2, 0.25) is 0 Å². The molecule has 0 aromatic carbocycles. The first-order valence-corrected chi connectivity index (χ1v) is 7.40. The van der Waals surface area contributed by atoms with Crippen molar-refractivity contribution in [3.8, 4) is 0 Å². The first kappa shape index (κ1) is 18.3. The number of piperidine rings is 1. The molecule has 0 radical (unpaired) electrons. The molecule has 0 spiro atoms. The predicted molar refractivity (Wildman–Crippen MR) is 77.0 cm³/mol. The molecule has 0 N–H and O–H groups in total. The molecule has 1 aliphatic heterocycles. The van der Waals surface area contributed by atoms with Gasteiger partial charge in [-0.25, -0.2) is 0 Å². The third-order valence-corrected chi connectivity index (χ3v) is 3.77. The fourth-order valence-electron chi connectivity index (χ4n) is 2.69. The highest BCUT2D eigenvalue weighted by atomic mass is 15.1. The lowest BCUT2D eigenvalue weighted by molar-refractivity contribution is 0.0752. The summed E-state index contributed by atoms with van der Waals surface area (Å²) in [5.74, 6) is 1.93. The lowest BCUT2D eigenvalue weighted by Crippen LogP contribution is -2.44. The van der Waals surface area contributed by atoms with E-state index in [4.69, 9.17) is 0 Å². The molecule has 1 fully saturated rings. The van der Waals surface area contributed by atoms with Gasteiger partial charge in [0, 0.05) is 6.04 Å². The molecule has 0 saturated carbocycles. The Kier molecular flexibility index (Phi) is 13.1. The summed E-state index contributed by atoms with van der Waals surface area (Å²) in [6.45, 7) is 16.4. The summed E-state index contributed by atoms with van der Waals surface area (Å²) in [5.41, 5.74) is 0. The van der Waals surface area contributed by atoms with Gasteiger partial charge in [-0.2, -0.15) is 0 Å². The maximum Gasteiger partial charge on any atom is 0.00946 e. The standard InChI is InChI=1S/C11H23N.2C2H6/c1-5-10-7-8-12(4)9(3)11(10)6-2;2*1-2/h9-11H,5-8H2,1-4H3;2*1-2H3. The Balaban J connectivity index is 0. The minimum absolute atomic E-state index is 0.800. The van der Waals surface area contributed by atoms with Gasteiger partial charge in [0.15, 0.2) is 0 Å². The minimum atomic E-state index is 0.800. The van der Waals surface area contributed by atoms with Gasteiger partial charge in [0.2, 0.25) is 0 Å². The van der Waals surface area contributed by atoms with Crippen LogP contribution in [-0.4, -0.2) is 24.5 Å². The third-order valence-electron chi connectivity index (χ3n) is 3.77. The minimum Gasteiger partial charge on any atom is -0.303 e. The maximum absolute atomic E-state index is 2.51. The van der Waals surface area contributed by atoms with E-state index in [1.54, 1.807) is 0 Å². The number of likely N-dealkylation sites (tertiary alicyclic amines) is 1. The van der Waals surface area contributed by atoms with E-state index in [2.05, 4.69) is 32.7 Å². The van der Waals surface area contributed by atoms with Crippen LogP contribution in [0.1, 0.15) is 67.7 Å². The molecule has 1 heteroatoms. The van der Waals surface area contributed by atoms with Crippen molar-refractivity contribution in [1.82, 2.24) is 4.90 Å². The lowest BCUT2D eigenvalue weighted by Gasteiger charge is -2.42. The van der Waals surface area contributed by atoms with Gasteiger partial charge in [-0.1, -0.05) is 54.4 Å². The molecule has 100 valence electrons. The topological polar surface area (TPSA) is 3.24 Å². The molecular formula is C15H35N. The first-order valence-electron chi connectivity index (χ1n) is 7.40. The average molecular weight is 229 g/mol. The summed E-state index contributed by atoms with van der Waals surface area (Å²) in [7, 11) is 2.26. The molecule has 1 rings (SSSR count). The summed E-state index contributed by atoms with van der Waals surface area (Å²) in [5, 5.41) is 0. The Hall–Kier alpha value is -0.0400. The van der Waals surface area contributed by atoms with Crippen molar-refractivity contribution in [2.75, 3.05) is 13.6 Å². The monoisotopic (exact) mass is 229 g/mol. The van der Waals surface area contributed by atoms with E-state index in [0.29, 0.717) is 0 Å². The Labute approximate surface area is 105 Å². The Morgan fingerprint density at radius 1 is 1.00 bits per heavy atom. The van der Waals surface area contributed by atoms with Crippen LogP contribution in [-0.2, 0) is 0 Å². The average Bonchev–Trinajstić information content (AvgIpc) is 2.37. The van der Waals surface area contributed by atoms with Crippen LogP contribution in [0.3, 0.4) is 0 Å². The molecule has 1 heterocycles. The zero-order valence-corrected chi connectivity index (χ0v) is 13.0. The van der Waals surface area contributed by atoms with E-state index in [-0.39, 0.29) is 0 Å². The molecule has 1 saturated heterocycles. The number of hydrogen-bond acceptors (Lipinski definition) is 1. The molecule has 0 amide bonds. The smallest absolute Gasteiger partial charge is 0.00946 e. The van der Waals surface area contributed by atoms with Gasteiger partial charge in [0.25, 0.3) is 0 Å². The molecule has 0 bridgehead atoms. The molecule has 1 aliphatic rings. The number of rotatable bonds is 2. The number of nitrogens with zero attached hydrogens (tertiary/aromatic N) is 1. The highest BCUT2D eigenvalue weighted by molar-refractivity contribution is 4.83. The zero-order valence-electron chi connectivity index (χ0n) is 13.0. The summed E-state index contributed by atoms with van der Waals surface area (Å²) in [4.78, 5) is 2.51. The molecule has 0 aromatic heterocycles. The molecule has 0 aliphatic carbocycles. The molecule has 1 nitrogen and oxygen atoms in total. The van der Waals surface area contributed by atoms with E-state index in [0.717, 1.165) is 17.9 Å². The summed E-state index contributed by atoms with van der Waals surface area (Å²) >= 11 is 0. The van der Waals surface area contributed by atoms with Crippen LogP contribution >= 0.6 is 0 Å². The zero-order chi connectivity index (χ0) is 13.1. The highest BCUT2D eigenvalue weighted by Gasteiger charge is 2.30. The first-order chi connectivity index (χ1) is 7.70. The van der Waals surface area contributed by atoms with Gasteiger partial charge in [-0.15, -0.1) is 0 Å². The maximum atomic E-state index is 2.51. The molecule has 16 heavy (non-hydrogen) atoms. The fourth-order valence-corrected chi connectivity index (χ4v) is 2.69. The highest BCUT2D eigenvalue weighted by Crippen LogP contribution is 2.32. The van der Waals surface area contributed by atoms with E-state index in [1.807, 2.05) is 27.7 Å². The predicted octanol–water partition coefficient (Wildman–Crippen LogP) is 4.82. The Bertz CT molecular complexity index is 131. The van der Waals surface area contributed by atoms with Crippen LogP contribution in [0, 0.1) is 11.8 Å². The van der Waals surface area contributed by atoms with Gasteiger partial charge >= 0.3 is 0 Å². The fraction of sp³-hybridized carbons (Fsp3) is 1.00. The molecular weight excluding hydrogens is 194 g/mol. The van der Waals surface area contributed by atoms with Crippen LogP contribution in [0.15, 0.2) is 0 Å². The van der Waals surface area contributed by atoms with Crippen molar-refractivity contribution < 1.29 is 0 Å². The largest absolute Gasteiger partial charge is 0.303 e. The summed E-state index contributed by atoms with van der Waals surface area (Å²) in [6, 6.07) is 0.800. The molecule has 3 unspecified atom stereocenters. The van der Waals surface area contributed by atoms with Crippen molar-refractivity contribution in [2.45, 2.75) is 73.8 Å². The van der Waals surface area contributed by atoms with E-state index in [9.17, 15) is 0 Å². The Morgan fingerprint density at radius 2 is 1.50 bits per heavy atom. The van der Waals surface area contributed by atoms with Gasteiger partial charge in [-0.05, 0) is 38.8 Å². The second-order valence-electron chi connectivity index (χ2n) is 4.25. The number of hydrogen-bond donors (Lipinski definition) is 0. The van der Waals surface area contributed by atoms with Crippen molar-refractivity contribution in [1.29, 1.82) is 0 Å². The van der Waals surface area contributed by atoms with Gasteiger partial charge in [0.1, 0.15) is 0 Å². The second-order valence-corrected chi connectivity index (χ2v) is 4.25. The van der Waals surface area contributed by atoms with E-state index < -0.39 is 0 Å². The van der Waals surface area contributed by atoms with Crippen molar-refractivity contribution in [3.63, 3.8) is 0 Å². The van der Waals surface area contributed by atoms with Crippen molar-refractivity contribution in [3.05, 3.63) is 0 Å². The van der Waals surface area contributed by atoms with E-state index in [1.165, 1.54) is 25.8 Å². The quantitative estimate of drug-likeness (QED) is 0.656. The SMILES string of the molecule is CC.CC.CCC1CCN(C)C(C)C1CC. The van der Waals surface area contributed by atoms with Crippen LogP contribution in [0.4, 0.5) is 0 Å². The lowest BCUT2D eigenvalue weighted by atomic mass is 9.77. The van der Waals surface area contributed by atoms with Gasteiger partial charge in [0.05, 0.1) is 0 Å². The van der Waals surface area contributed by atoms with E-state index >= 15 is 0 Å². The third kappa shape index (κ3) is 5.34. The normalized spacial score (nSPS) is 29.6. The summed E-state index contributed by atoms with van der Waals surface area (Å²) in [6.07, 6.45) is 4.14. The van der Waals surface area contributed by atoms with Crippen LogP contribution < -0.4 is 0 Å². The summed E-state index contributed by atoms with van der Waals surface area (Å²) < 4.78 is 0. The van der Waals surface area contributed by atoms with Gasteiger partial charge in [-0.3, -0.25) is 0 Å². The van der Waals surface area contributed by atoms with Gasteiger partial charge < -0.3 is 4.90 Å². The molecule has 0 aromatic rings. The Morgan fingerprint density at radius 3 is 1.88 bits per heavy atom. The molecule has 3 atom stereocenters. The second kappa shape index (κ2) is 11.4. The van der Waals surface area contributed by atoms with Crippen molar-refractivity contribution in [2.24, 2.45) is 11.8 Å². The van der Waals surface area contributed by atoms with Crippen LogP contribution in [0.25, 0.3) is 0 Å².